The monoisotopic (exact) mass is 274 g/mol. The van der Waals surface area contributed by atoms with Crippen LogP contribution in [0.4, 0.5) is 0 Å². The van der Waals surface area contributed by atoms with Crippen molar-refractivity contribution in [2.75, 3.05) is 20.1 Å². The highest BCUT2D eigenvalue weighted by atomic mass is 15.1. The molecule has 0 bridgehead atoms. The normalized spacial score (nSPS) is 16.6. The van der Waals surface area contributed by atoms with E-state index in [0.29, 0.717) is 5.92 Å². The van der Waals surface area contributed by atoms with Gasteiger partial charge in [0.1, 0.15) is 0 Å². The summed E-state index contributed by atoms with van der Waals surface area (Å²) in [6.45, 7) is 7.94. The number of nitrogens with zero attached hydrogens (tertiary/aromatic N) is 1. The van der Waals surface area contributed by atoms with Gasteiger partial charge in [-0.25, -0.2) is 0 Å². The minimum atomic E-state index is 0.613. The molecular weight excluding hydrogens is 244 g/mol. The molecule has 1 aliphatic rings. The van der Waals surface area contributed by atoms with E-state index < -0.39 is 0 Å². The van der Waals surface area contributed by atoms with Crippen LogP contribution in [0.1, 0.15) is 56.6 Å². The Morgan fingerprint density at radius 2 is 1.95 bits per heavy atom. The van der Waals surface area contributed by atoms with Crippen LogP contribution in [0.15, 0.2) is 24.3 Å². The molecule has 1 saturated carbocycles. The smallest absolute Gasteiger partial charge is 0.0230 e. The maximum atomic E-state index is 3.62. The fourth-order valence-electron chi connectivity index (χ4n) is 2.52. The fraction of sp³-hybridized carbons (Fsp3) is 0.667. The largest absolute Gasteiger partial charge is 0.313 e. The molecule has 20 heavy (non-hydrogen) atoms. The van der Waals surface area contributed by atoms with Crippen molar-refractivity contribution in [3.05, 3.63) is 35.4 Å². The Kier molecular flexibility index (Phi) is 6.06. The molecule has 0 spiro atoms. The van der Waals surface area contributed by atoms with Crippen molar-refractivity contribution < 1.29 is 0 Å². The Hall–Kier alpha value is -0.860. The molecule has 1 aromatic carbocycles. The fourth-order valence-corrected chi connectivity index (χ4v) is 2.52. The summed E-state index contributed by atoms with van der Waals surface area (Å²) in [5.41, 5.74) is 2.88. The molecule has 0 aliphatic heterocycles. The zero-order valence-corrected chi connectivity index (χ0v) is 13.4. The molecule has 1 N–H and O–H groups in total. The van der Waals surface area contributed by atoms with Crippen LogP contribution in [0, 0.1) is 0 Å². The SMILES string of the molecule is CCCCN(C)Cc1ccc(C(C)CNC2CC2)cc1. The number of hydrogen-bond acceptors (Lipinski definition) is 2. The van der Waals surface area contributed by atoms with Crippen LogP contribution in [0.2, 0.25) is 0 Å². The average molecular weight is 274 g/mol. The van der Waals surface area contributed by atoms with E-state index in [1.165, 1.54) is 43.4 Å². The molecule has 0 radical (unpaired) electrons. The van der Waals surface area contributed by atoms with Crippen LogP contribution in [0.25, 0.3) is 0 Å². The topological polar surface area (TPSA) is 15.3 Å². The summed E-state index contributed by atoms with van der Waals surface area (Å²) in [5.74, 6) is 0.613. The third-order valence-electron chi connectivity index (χ3n) is 4.18. The maximum Gasteiger partial charge on any atom is 0.0230 e. The van der Waals surface area contributed by atoms with E-state index in [9.17, 15) is 0 Å². The number of benzene rings is 1. The molecule has 1 aromatic rings. The maximum absolute atomic E-state index is 3.62. The van der Waals surface area contributed by atoms with Crippen molar-refractivity contribution in [1.29, 1.82) is 0 Å². The van der Waals surface area contributed by atoms with Crippen LogP contribution in [0.3, 0.4) is 0 Å². The summed E-state index contributed by atoms with van der Waals surface area (Å²) in [5, 5.41) is 3.62. The van der Waals surface area contributed by atoms with Crippen molar-refractivity contribution in [3.63, 3.8) is 0 Å². The van der Waals surface area contributed by atoms with Crippen LogP contribution in [-0.2, 0) is 6.54 Å². The third-order valence-corrected chi connectivity index (χ3v) is 4.18. The lowest BCUT2D eigenvalue weighted by Crippen LogP contribution is -2.22. The highest BCUT2D eigenvalue weighted by Gasteiger charge is 2.21. The lowest BCUT2D eigenvalue weighted by Gasteiger charge is -2.17. The van der Waals surface area contributed by atoms with Gasteiger partial charge in [-0.05, 0) is 49.9 Å². The molecule has 0 heterocycles. The van der Waals surface area contributed by atoms with Gasteiger partial charge in [0.25, 0.3) is 0 Å². The second-order valence-corrected chi connectivity index (χ2v) is 6.42. The van der Waals surface area contributed by atoms with Gasteiger partial charge in [-0.1, -0.05) is 44.5 Å². The first-order valence-corrected chi connectivity index (χ1v) is 8.19. The van der Waals surface area contributed by atoms with Gasteiger partial charge >= 0.3 is 0 Å². The van der Waals surface area contributed by atoms with Crippen molar-refractivity contribution in [2.24, 2.45) is 0 Å². The molecule has 0 amide bonds. The Balaban J connectivity index is 1.78. The van der Waals surface area contributed by atoms with E-state index in [0.717, 1.165) is 19.1 Å². The van der Waals surface area contributed by atoms with Gasteiger partial charge < -0.3 is 10.2 Å². The van der Waals surface area contributed by atoms with Gasteiger partial charge in [0.2, 0.25) is 0 Å². The van der Waals surface area contributed by atoms with Crippen molar-refractivity contribution in [2.45, 2.75) is 58.0 Å². The van der Waals surface area contributed by atoms with E-state index in [1.54, 1.807) is 0 Å². The van der Waals surface area contributed by atoms with Gasteiger partial charge in [0, 0.05) is 19.1 Å². The Morgan fingerprint density at radius 3 is 2.55 bits per heavy atom. The minimum Gasteiger partial charge on any atom is -0.313 e. The van der Waals surface area contributed by atoms with E-state index in [1.807, 2.05) is 0 Å². The highest BCUT2D eigenvalue weighted by Crippen LogP contribution is 2.21. The van der Waals surface area contributed by atoms with Crippen molar-refractivity contribution in [1.82, 2.24) is 10.2 Å². The Labute approximate surface area is 124 Å². The highest BCUT2D eigenvalue weighted by molar-refractivity contribution is 5.25. The number of unbranched alkanes of at least 4 members (excludes halogenated alkanes) is 1. The predicted octanol–water partition coefficient (Wildman–Crippen LogP) is 3.77. The molecule has 0 saturated heterocycles. The lowest BCUT2D eigenvalue weighted by molar-refractivity contribution is 0.321. The number of hydrogen-bond donors (Lipinski definition) is 1. The van der Waals surface area contributed by atoms with Gasteiger partial charge in [-0.3, -0.25) is 0 Å². The summed E-state index contributed by atoms with van der Waals surface area (Å²) in [7, 11) is 2.21. The molecule has 2 rings (SSSR count). The standard InChI is InChI=1S/C18H30N2/c1-4-5-12-20(3)14-16-6-8-17(9-7-16)15(2)13-19-18-10-11-18/h6-9,15,18-19H,4-5,10-14H2,1-3H3. The summed E-state index contributed by atoms with van der Waals surface area (Å²) >= 11 is 0. The molecule has 2 nitrogen and oxygen atoms in total. The molecule has 1 fully saturated rings. The van der Waals surface area contributed by atoms with Gasteiger partial charge in [0.05, 0.1) is 0 Å². The van der Waals surface area contributed by atoms with Gasteiger partial charge in [-0.15, -0.1) is 0 Å². The minimum absolute atomic E-state index is 0.613. The van der Waals surface area contributed by atoms with E-state index >= 15 is 0 Å². The van der Waals surface area contributed by atoms with Crippen molar-refractivity contribution in [3.8, 4) is 0 Å². The first-order chi connectivity index (χ1) is 9.69. The zero-order chi connectivity index (χ0) is 14.4. The van der Waals surface area contributed by atoms with E-state index in [-0.39, 0.29) is 0 Å². The summed E-state index contributed by atoms with van der Waals surface area (Å²) in [4.78, 5) is 2.41. The van der Waals surface area contributed by atoms with Crippen molar-refractivity contribution >= 4 is 0 Å². The molecule has 2 heteroatoms. The van der Waals surface area contributed by atoms with Crippen LogP contribution >= 0.6 is 0 Å². The predicted molar refractivity (Wildman–Crippen MR) is 87.1 cm³/mol. The quantitative estimate of drug-likeness (QED) is 0.737. The second kappa shape index (κ2) is 7.80. The van der Waals surface area contributed by atoms with Gasteiger partial charge in [-0.2, -0.15) is 0 Å². The van der Waals surface area contributed by atoms with Crippen LogP contribution in [0.5, 0.6) is 0 Å². The molecule has 0 aromatic heterocycles. The molecular formula is C18H30N2. The summed E-state index contributed by atoms with van der Waals surface area (Å²) < 4.78 is 0. The Bertz CT molecular complexity index is 381. The van der Waals surface area contributed by atoms with Gasteiger partial charge in [0.15, 0.2) is 0 Å². The lowest BCUT2D eigenvalue weighted by atomic mass is 9.99. The summed E-state index contributed by atoms with van der Waals surface area (Å²) in [6.07, 6.45) is 5.30. The first-order valence-electron chi connectivity index (χ1n) is 8.19. The Morgan fingerprint density at radius 1 is 1.25 bits per heavy atom. The van der Waals surface area contributed by atoms with E-state index in [2.05, 4.69) is 55.4 Å². The van der Waals surface area contributed by atoms with E-state index in [4.69, 9.17) is 0 Å². The summed E-state index contributed by atoms with van der Waals surface area (Å²) in [6, 6.07) is 10.0. The van der Waals surface area contributed by atoms with Crippen LogP contribution in [-0.4, -0.2) is 31.1 Å². The third kappa shape index (κ3) is 5.26. The first kappa shape index (κ1) is 15.5. The number of rotatable bonds is 9. The average Bonchev–Trinajstić information content (AvgIpc) is 3.27. The van der Waals surface area contributed by atoms with Crippen LogP contribution < -0.4 is 5.32 Å². The molecule has 1 aliphatic carbocycles. The molecule has 1 atom stereocenters. The zero-order valence-electron chi connectivity index (χ0n) is 13.4. The number of nitrogens with one attached hydrogen (secondary N) is 1. The second-order valence-electron chi connectivity index (χ2n) is 6.42. The molecule has 1 unspecified atom stereocenters. The molecule has 112 valence electrons.